The number of carbonyl (C=O) groups excluding carboxylic acids is 1. The minimum Gasteiger partial charge on any atom is -0.444 e. The summed E-state index contributed by atoms with van der Waals surface area (Å²) in [4.78, 5) is 13.7. The maximum atomic E-state index is 11.9. The standard InChI is InChI=1S/C14H26N2O2/c1-12(2,3)10-14(7-15-10)8-16(9-14)11(17)18-13(4,5)6/h10,15H,7-9H2,1-6H3/t10-/m0/s1. The van der Waals surface area contributed by atoms with Crippen molar-refractivity contribution in [1.82, 2.24) is 10.2 Å². The Labute approximate surface area is 110 Å². The number of nitrogens with one attached hydrogen (secondary N) is 1. The van der Waals surface area contributed by atoms with Crippen LogP contribution in [-0.2, 0) is 4.74 Å². The molecule has 4 heteroatoms. The molecule has 0 aromatic carbocycles. The Balaban J connectivity index is 1.89. The Hall–Kier alpha value is -0.770. The molecule has 0 aromatic rings. The lowest BCUT2D eigenvalue weighted by Gasteiger charge is -2.64. The highest BCUT2D eigenvalue weighted by molar-refractivity contribution is 5.69. The van der Waals surface area contributed by atoms with E-state index in [-0.39, 0.29) is 16.9 Å². The number of ether oxygens (including phenoxy) is 1. The van der Waals surface area contributed by atoms with Crippen LogP contribution in [0.5, 0.6) is 0 Å². The van der Waals surface area contributed by atoms with E-state index in [0.717, 1.165) is 19.6 Å². The van der Waals surface area contributed by atoms with E-state index < -0.39 is 5.60 Å². The van der Waals surface area contributed by atoms with Gasteiger partial charge in [-0.3, -0.25) is 0 Å². The summed E-state index contributed by atoms with van der Waals surface area (Å²) in [6, 6.07) is 0.503. The van der Waals surface area contributed by atoms with Crippen LogP contribution in [0.25, 0.3) is 0 Å². The molecule has 104 valence electrons. The number of likely N-dealkylation sites (tertiary alicyclic amines) is 1. The van der Waals surface area contributed by atoms with Crippen LogP contribution < -0.4 is 5.32 Å². The van der Waals surface area contributed by atoms with E-state index in [2.05, 4.69) is 26.1 Å². The fraction of sp³-hybridized carbons (Fsp3) is 0.929. The molecule has 0 unspecified atom stereocenters. The molecule has 2 fully saturated rings. The van der Waals surface area contributed by atoms with Crippen LogP contribution in [-0.4, -0.2) is 42.3 Å². The van der Waals surface area contributed by atoms with Crippen molar-refractivity contribution in [1.29, 1.82) is 0 Å². The SMILES string of the molecule is CC(C)(C)OC(=O)N1CC2(CN[C@H]2C(C)(C)C)C1. The first-order chi connectivity index (χ1) is 8.04. The van der Waals surface area contributed by atoms with Crippen molar-refractivity contribution in [3.8, 4) is 0 Å². The second kappa shape index (κ2) is 3.86. The highest BCUT2D eigenvalue weighted by Crippen LogP contribution is 2.46. The number of amides is 1. The van der Waals surface area contributed by atoms with Gasteiger partial charge in [0.25, 0.3) is 0 Å². The van der Waals surface area contributed by atoms with Gasteiger partial charge >= 0.3 is 6.09 Å². The lowest BCUT2D eigenvalue weighted by Crippen LogP contribution is -2.79. The fourth-order valence-corrected chi connectivity index (χ4v) is 3.18. The minimum absolute atomic E-state index is 0.173. The van der Waals surface area contributed by atoms with Crippen molar-refractivity contribution in [3.63, 3.8) is 0 Å². The molecular formula is C14H26N2O2. The van der Waals surface area contributed by atoms with E-state index in [4.69, 9.17) is 4.74 Å². The summed E-state index contributed by atoms with van der Waals surface area (Å²) in [6.07, 6.45) is -0.173. The van der Waals surface area contributed by atoms with Crippen LogP contribution in [0.15, 0.2) is 0 Å². The predicted molar refractivity (Wildman–Crippen MR) is 71.5 cm³/mol. The molecule has 1 spiro atoms. The fourth-order valence-electron chi connectivity index (χ4n) is 3.18. The van der Waals surface area contributed by atoms with E-state index in [9.17, 15) is 4.79 Å². The molecule has 4 nitrogen and oxygen atoms in total. The molecule has 0 saturated carbocycles. The highest BCUT2D eigenvalue weighted by atomic mass is 16.6. The van der Waals surface area contributed by atoms with Crippen molar-refractivity contribution in [2.24, 2.45) is 10.8 Å². The number of carbonyl (C=O) groups is 1. The zero-order chi connectivity index (χ0) is 13.8. The van der Waals surface area contributed by atoms with Gasteiger partial charge in [0.1, 0.15) is 5.60 Å². The molecule has 2 saturated heterocycles. The third kappa shape index (κ3) is 2.35. The Morgan fingerprint density at radius 1 is 1.22 bits per heavy atom. The van der Waals surface area contributed by atoms with Crippen molar-refractivity contribution in [2.75, 3.05) is 19.6 Å². The van der Waals surface area contributed by atoms with Gasteiger partial charge in [0, 0.05) is 31.1 Å². The zero-order valence-electron chi connectivity index (χ0n) is 12.5. The van der Waals surface area contributed by atoms with Gasteiger partial charge in [-0.25, -0.2) is 4.79 Å². The number of hydrogen-bond acceptors (Lipinski definition) is 3. The van der Waals surface area contributed by atoms with E-state index in [1.807, 2.05) is 25.7 Å². The maximum absolute atomic E-state index is 11.9. The molecule has 18 heavy (non-hydrogen) atoms. The summed E-state index contributed by atoms with van der Waals surface area (Å²) < 4.78 is 5.39. The normalized spacial score (nSPS) is 26.6. The summed E-state index contributed by atoms with van der Waals surface area (Å²) >= 11 is 0. The van der Waals surface area contributed by atoms with Crippen LogP contribution >= 0.6 is 0 Å². The minimum atomic E-state index is -0.402. The van der Waals surface area contributed by atoms with Gasteiger partial charge in [0.15, 0.2) is 0 Å². The van der Waals surface area contributed by atoms with Gasteiger partial charge in [-0.2, -0.15) is 0 Å². The summed E-state index contributed by atoms with van der Waals surface area (Å²) in [5, 5.41) is 3.51. The lowest BCUT2D eigenvalue weighted by atomic mass is 9.59. The van der Waals surface area contributed by atoms with Gasteiger partial charge < -0.3 is 15.0 Å². The summed E-state index contributed by atoms with van der Waals surface area (Å²) in [7, 11) is 0. The number of rotatable bonds is 0. The molecule has 0 aromatic heterocycles. The van der Waals surface area contributed by atoms with Crippen molar-refractivity contribution in [3.05, 3.63) is 0 Å². The van der Waals surface area contributed by atoms with Gasteiger partial charge in [0.2, 0.25) is 0 Å². The zero-order valence-corrected chi connectivity index (χ0v) is 12.5. The van der Waals surface area contributed by atoms with Crippen molar-refractivity contribution < 1.29 is 9.53 Å². The maximum Gasteiger partial charge on any atom is 0.410 e. The topological polar surface area (TPSA) is 41.6 Å². The molecule has 2 aliphatic heterocycles. The van der Waals surface area contributed by atoms with Gasteiger partial charge in [-0.05, 0) is 26.2 Å². The largest absolute Gasteiger partial charge is 0.444 e. The quantitative estimate of drug-likeness (QED) is 0.721. The van der Waals surface area contributed by atoms with E-state index >= 15 is 0 Å². The van der Waals surface area contributed by atoms with Gasteiger partial charge in [-0.1, -0.05) is 20.8 Å². The Morgan fingerprint density at radius 2 is 1.78 bits per heavy atom. The molecule has 2 aliphatic rings. The third-order valence-corrected chi connectivity index (χ3v) is 3.80. The molecule has 1 atom stereocenters. The average Bonchev–Trinajstić information content (AvgIpc) is 1.90. The van der Waals surface area contributed by atoms with E-state index in [1.165, 1.54) is 0 Å². The number of hydrogen-bond donors (Lipinski definition) is 1. The molecule has 1 amide bonds. The predicted octanol–water partition coefficient (Wildman–Crippen LogP) is 2.24. The second-order valence-electron chi connectivity index (χ2n) is 7.88. The molecular weight excluding hydrogens is 228 g/mol. The second-order valence-corrected chi connectivity index (χ2v) is 7.88. The van der Waals surface area contributed by atoms with Crippen LogP contribution in [0.2, 0.25) is 0 Å². The first kappa shape index (κ1) is 13.7. The smallest absolute Gasteiger partial charge is 0.410 e. The molecule has 0 radical (unpaired) electrons. The van der Waals surface area contributed by atoms with E-state index in [1.54, 1.807) is 0 Å². The van der Waals surface area contributed by atoms with Gasteiger partial charge in [-0.15, -0.1) is 0 Å². The third-order valence-electron chi connectivity index (χ3n) is 3.80. The highest BCUT2D eigenvalue weighted by Gasteiger charge is 2.59. The Bertz CT molecular complexity index is 346. The average molecular weight is 254 g/mol. The molecule has 2 heterocycles. The summed E-state index contributed by atoms with van der Waals surface area (Å²) in [5.41, 5.74) is 0.133. The molecule has 1 N–H and O–H groups in total. The number of nitrogens with zero attached hydrogens (tertiary/aromatic N) is 1. The Kier molecular flexibility index (Phi) is 2.93. The molecule has 2 rings (SSSR count). The summed E-state index contributed by atoms with van der Waals surface area (Å²) in [6.45, 7) is 15.2. The molecule has 0 aliphatic carbocycles. The molecule has 0 bridgehead atoms. The van der Waals surface area contributed by atoms with Crippen molar-refractivity contribution in [2.45, 2.75) is 53.2 Å². The first-order valence-electron chi connectivity index (χ1n) is 6.75. The lowest BCUT2D eigenvalue weighted by molar-refractivity contribution is -0.111. The van der Waals surface area contributed by atoms with Crippen LogP contribution in [0.1, 0.15) is 41.5 Å². The van der Waals surface area contributed by atoms with Crippen LogP contribution in [0, 0.1) is 10.8 Å². The summed E-state index contributed by atoms with van der Waals surface area (Å²) in [5.74, 6) is 0. The first-order valence-corrected chi connectivity index (χ1v) is 6.75. The van der Waals surface area contributed by atoms with Crippen LogP contribution in [0.4, 0.5) is 4.79 Å². The van der Waals surface area contributed by atoms with Gasteiger partial charge in [0.05, 0.1) is 0 Å². The van der Waals surface area contributed by atoms with E-state index in [0.29, 0.717) is 6.04 Å². The van der Waals surface area contributed by atoms with Crippen molar-refractivity contribution >= 4 is 6.09 Å². The Morgan fingerprint density at radius 3 is 2.11 bits per heavy atom. The monoisotopic (exact) mass is 254 g/mol. The van der Waals surface area contributed by atoms with Crippen LogP contribution in [0.3, 0.4) is 0 Å².